The maximum Gasteiger partial charge on any atom is 0.242 e. The Morgan fingerprint density at radius 1 is 0.933 bits per heavy atom. The normalized spacial score (nSPS) is 14.4. The predicted molar refractivity (Wildman–Crippen MR) is 115 cm³/mol. The van der Waals surface area contributed by atoms with E-state index >= 15 is 0 Å². The van der Waals surface area contributed by atoms with E-state index in [1.54, 1.807) is 6.20 Å². The van der Waals surface area contributed by atoms with Crippen molar-refractivity contribution in [3.63, 3.8) is 0 Å². The Labute approximate surface area is 174 Å². The van der Waals surface area contributed by atoms with E-state index in [4.69, 9.17) is 0 Å². The van der Waals surface area contributed by atoms with Gasteiger partial charge < -0.3 is 14.4 Å². The average Bonchev–Trinajstić information content (AvgIpc) is 3.40. The Morgan fingerprint density at radius 2 is 1.70 bits per heavy atom. The van der Waals surface area contributed by atoms with E-state index in [1.165, 1.54) is 0 Å². The molecule has 0 bridgehead atoms. The molecule has 8 heteroatoms. The summed E-state index contributed by atoms with van der Waals surface area (Å²) in [6, 6.07) is 14.1. The molecule has 0 unspecified atom stereocenters. The molecule has 152 valence electrons. The molecule has 8 nitrogen and oxygen atoms in total. The van der Waals surface area contributed by atoms with Gasteiger partial charge in [0.05, 0.1) is 0 Å². The van der Waals surface area contributed by atoms with E-state index in [0.29, 0.717) is 19.6 Å². The number of carbonyl (C=O) groups is 1. The number of piperazine rings is 1. The zero-order valence-corrected chi connectivity index (χ0v) is 16.8. The number of benzene rings is 1. The maximum atomic E-state index is 12.8. The van der Waals surface area contributed by atoms with Crippen molar-refractivity contribution in [3.8, 4) is 5.82 Å². The van der Waals surface area contributed by atoms with Gasteiger partial charge >= 0.3 is 0 Å². The molecular formula is C22H23N7O. The van der Waals surface area contributed by atoms with Gasteiger partial charge in [0, 0.05) is 50.3 Å². The molecule has 3 aromatic heterocycles. The first-order valence-corrected chi connectivity index (χ1v) is 10.1. The number of para-hydroxylation sites is 1. The second-order valence-electron chi connectivity index (χ2n) is 7.46. The van der Waals surface area contributed by atoms with Gasteiger partial charge in [0.15, 0.2) is 11.6 Å². The fourth-order valence-electron chi connectivity index (χ4n) is 3.94. The van der Waals surface area contributed by atoms with E-state index in [1.807, 2.05) is 69.7 Å². The fourth-order valence-corrected chi connectivity index (χ4v) is 3.94. The average molecular weight is 401 g/mol. The highest BCUT2D eigenvalue weighted by Crippen LogP contribution is 2.17. The highest BCUT2D eigenvalue weighted by molar-refractivity contribution is 5.83. The van der Waals surface area contributed by atoms with Crippen LogP contribution in [-0.4, -0.2) is 61.3 Å². The molecule has 5 rings (SSSR count). The van der Waals surface area contributed by atoms with Crippen LogP contribution in [0.3, 0.4) is 0 Å². The largest absolute Gasteiger partial charge is 0.352 e. The first kappa shape index (κ1) is 18.4. The van der Waals surface area contributed by atoms with Gasteiger partial charge in [-0.3, -0.25) is 9.36 Å². The number of aryl methyl sites for hydroxylation is 1. The summed E-state index contributed by atoms with van der Waals surface area (Å²) in [5.74, 6) is 2.61. The molecule has 1 saturated heterocycles. The van der Waals surface area contributed by atoms with Gasteiger partial charge in [-0.15, -0.1) is 10.2 Å². The SMILES string of the molecule is Cc1nccn1-c1ccc(N2CCN(C(=O)Cn3ccc4ccccc43)CC2)nn1. The Morgan fingerprint density at radius 3 is 2.43 bits per heavy atom. The molecule has 30 heavy (non-hydrogen) atoms. The van der Waals surface area contributed by atoms with Crippen LogP contribution in [0, 0.1) is 6.92 Å². The molecule has 1 aromatic carbocycles. The summed E-state index contributed by atoms with van der Waals surface area (Å²) in [5.41, 5.74) is 1.09. The van der Waals surface area contributed by atoms with Gasteiger partial charge in [0.1, 0.15) is 12.4 Å². The van der Waals surface area contributed by atoms with Gasteiger partial charge in [-0.2, -0.15) is 0 Å². The minimum absolute atomic E-state index is 0.146. The lowest BCUT2D eigenvalue weighted by atomic mass is 10.2. The number of aromatic nitrogens is 5. The minimum atomic E-state index is 0.146. The van der Waals surface area contributed by atoms with Crippen molar-refractivity contribution in [2.75, 3.05) is 31.1 Å². The Bertz CT molecular complexity index is 1170. The summed E-state index contributed by atoms with van der Waals surface area (Å²) >= 11 is 0. The third kappa shape index (κ3) is 3.41. The molecule has 1 amide bonds. The molecular weight excluding hydrogens is 378 g/mol. The van der Waals surface area contributed by atoms with E-state index in [9.17, 15) is 4.79 Å². The maximum absolute atomic E-state index is 12.8. The van der Waals surface area contributed by atoms with Crippen LogP contribution in [0.2, 0.25) is 0 Å². The second kappa shape index (κ2) is 7.62. The van der Waals surface area contributed by atoms with Crippen LogP contribution >= 0.6 is 0 Å². The number of carbonyl (C=O) groups excluding carboxylic acids is 1. The number of hydrogen-bond donors (Lipinski definition) is 0. The lowest BCUT2D eigenvalue weighted by Crippen LogP contribution is -2.49. The summed E-state index contributed by atoms with van der Waals surface area (Å²) in [6.45, 7) is 5.16. The minimum Gasteiger partial charge on any atom is -0.352 e. The van der Waals surface area contributed by atoms with Crippen molar-refractivity contribution < 1.29 is 4.79 Å². The number of imidazole rings is 1. The number of fused-ring (bicyclic) bond motifs is 1. The van der Waals surface area contributed by atoms with Crippen LogP contribution in [0.15, 0.2) is 61.1 Å². The highest BCUT2D eigenvalue weighted by atomic mass is 16.2. The smallest absolute Gasteiger partial charge is 0.242 e. The van der Waals surface area contributed by atoms with Gasteiger partial charge in [0.25, 0.3) is 0 Å². The predicted octanol–water partition coefficient (Wildman–Crippen LogP) is 2.27. The van der Waals surface area contributed by atoms with Crippen molar-refractivity contribution in [1.82, 2.24) is 29.2 Å². The summed E-state index contributed by atoms with van der Waals surface area (Å²) in [6.07, 6.45) is 5.60. The van der Waals surface area contributed by atoms with Crippen LogP contribution < -0.4 is 4.90 Å². The van der Waals surface area contributed by atoms with E-state index in [2.05, 4.69) is 26.1 Å². The zero-order valence-electron chi connectivity index (χ0n) is 16.8. The van der Waals surface area contributed by atoms with Crippen LogP contribution in [0.25, 0.3) is 16.7 Å². The Hall–Kier alpha value is -3.68. The third-order valence-electron chi connectivity index (χ3n) is 5.65. The van der Waals surface area contributed by atoms with Gasteiger partial charge in [-0.05, 0) is 36.6 Å². The van der Waals surface area contributed by atoms with Crippen molar-refractivity contribution in [3.05, 3.63) is 66.9 Å². The zero-order chi connectivity index (χ0) is 20.5. The second-order valence-corrected chi connectivity index (χ2v) is 7.46. The van der Waals surface area contributed by atoms with Crippen LogP contribution in [0.5, 0.6) is 0 Å². The van der Waals surface area contributed by atoms with Gasteiger partial charge in [-0.1, -0.05) is 18.2 Å². The van der Waals surface area contributed by atoms with Crippen LogP contribution in [0.1, 0.15) is 5.82 Å². The summed E-state index contributed by atoms with van der Waals surface area (Å²) in [7, 11) is 0. The van der Waals surface area contributed by atoms with Crippen LogP contribution in [0.4, 0.5) is 5.82 Å². The lowest BCUT2D eigenvalue weighted by molar-refractivity contribution is -0.132. The van der Waals surface area contributed by atoms with E-state index < -0.39 is 0 Å². The summed E-state index contributed by atoms with van der Waals surface area (Å²) in [5, 5.41) is 9.88. The summed E-state index contributed by atoms with van der Waals surface area (Å²) < 4.78 is 3.92. The Kier molecular flexibility index (Phi) is 4.66. The molecule has 0 radical (unpaired) electrons. The monoisotopic (exact) mass is 401 g/mol. The molecule has 1 fully saturated rings. The molecule has 4 aromatic rings. The molecule has 0 spiro atoms. The summed E-state index contributed by atoms with van der Waals surface area (Å²) in [4.78, 5) is 21.1. The number of hydrogen-bond acceptors (Lipinski definition) is 5. The first-order chi connectivity index (χ1) is 14.7. The van der Waals surface area contributed by atoms with Gasteiger partial charge in [-0.25, -0.2) is 4.98 Å². The van der Waals surface area contributed by atoms with E-state index in [-0.39, 0.29) is 5.91 Å². The molecule has 4 heterocycles. The van der Waals surface area contributed by atoms with Crippen molar-refractivity contribution >= 4 is 22.6 Å². The van der Waals surface area contributed by atoms with Crippen molar-refractivity contribution in [2.24, 2.45) is 0 Å². The quantitative estimate of drug-likeness (QED) is 0.525. The third-order valence-corrected chi connectivity index (χ3v) is 5.65. The van der Waals surface area contributed by atoms with Crippen molar-refractivity contribution in [1.29, 1.82) is 0 Å². The topological polar surface area (TPSA) is 72.1 Å². The Balaban J connectivity index is 1.21. The number of nitrogens with zero attached hydrogens (tertiary/aromatic N) is 7. The number of anilines is 1. The molecule has 1 aliphatic rings. The molecule has 0 atom stereocenters. The number of amides is 1. The molecule has 0 aliphatic carbocycles. The van der Waals surface area contributed by atoms with Gasteiger partial charge in [0.2, 0.25) is 5.91 Å². The molecule has 0 N–H and O–H groups in total. The fraction of sp³-hybridized carbons (Fsp3) is 0.273. The highest BCUT2D eigenvalue weighted by Gasteiger charge is 2.22. The first-order valence-electron chi connectivity index (χ1n) is 10.1. The number of rotatable bonds is 4. The van der Waals surface area contributed by atoms with Crippen LogP contribution in [-0.2, 0) is 11.3 Å². The molecule has 0 saturated carbocycles. The van der Waals surface area contributed by atoms with Crippen molar-refractivity contribution in [2.45, 2.75) is 13.5 Å². The van der Waals surface area contributed by atoms with E-state index in [0.717, 1.165) is 41.5 Å². The lowest BCUT2D eigenvalue weighted by Gasteiger charge is -2.35. The molecule has 1 aliphatic heterocycles. The standard InChI is InChI=1S/C22H23N7O/c1-17-23-9-11-29(17)21-7-6-20(24-25-21)26-12-14-27(15-13-26)22(30)16-28-10-8-18-4-2-3-5-19(18)28/h2-11H,12-16H2,1H3.